The predicted molar refractivity (Wildman–Crippen MR) is 104 cm³/mol. The molecule has 3 rings (SSSR count). The lowest BCUT2D eigenvalue weighted by Crippen LogP contribution is -2.51. The van der Waals surface area contributed by atoms with Crippen LogP contribution in [0.15, 0.2) is 46.0 Å². The van der Waals surface area contributed by atoms with Gasteiger partial charge in [0, 0.05) is 26.2 Å². The van der Waals surface area contributed by atoms with E-state index < -0.39 is 22.4 Å². The van der Waals surface area contributed by atoms with Crippen LogP contribution < -0.4 is 4.31 Å². The average molecular weight is 412 g/mol. The fourth-order valence-electron chi connectivity index (χ4n) is 3.01. The predicted octanol–water partition coefficient (Wildman–Crippen LogP) is 2.25. The Kier molecular flexibility index (Phi) is 6.13. The number of thiophene rings is 1. The summed E-state index contributed by atoms with van der Waals surface area (Å²) >= 11 is 1.04. The van der Waals surface area contributed by atoms with E-state index in [1.165, 1.54) is 24.3 Å². The molecule has 9 heteroatoms. The van der Waals surface area contributed by atoms with E-state index in [2.05, 4.69) is 11.8 Å². The first-order valence-electron chi connectivity index (χ1n) is 8.74. The smallest absolute Gasteiger partial charge is 0.274 e. The number of carbonyl (C=O) groups is 1. The molecule has 0 N–H and O–H groups in total. The normalized spacial score (nSPS) is 15.7. The van der Waals surface area contributed by atoms with Gasteiger partial charge < -0.3 is 9.80 Å². The Hall–Kier alpha value is -1.97. The number of nitrogens with zero attached hydrogens (tertiary/aromatic N) is 3. The van der Waals surface area contributed by atoms with Crippen molar-refractivity contribution in [2.24, 2.45) is 0 Å². The average Bonchev–Trinajstić information content (AvgIpc) is 3.22. The van der Waals surface area contributed by atoms with Gasteiger partial charge in [-0.2, -0.15) is 0 Å². The van der Waals surface area contributed by atoms with Crippen molar-refractivity contribution in [1.82, 2.24) is 9.80 Å². The zero-order valence-corrected chi connectivity index (χ0v) is 16.7. The molecule has 2 aromatic rings. The summed E-state index contributed by atoms with van der Waals surface area (Å²) < 4.78 is 41.4. The third-order valence-electron chi connectivity index (χ3n) is 4.61. The van der Waals surface area contributed by atoms with Crippen molar-refractivity contribution in [3.05, 3.63) is 47.6 Å². The number of rotatable bonds is 6. The SMILES string of the molecule is CCN1CCN(C(=O)CN(c2ccccc2F)S(=O)(=O)c2cccs2)CC1. The number of amides is 1. The van der Waals surface area contributed by atoms with Gasteiger partial charge in [0.05, 0.1) is 5.69 Å². The first kappa shape index (κ1) is 19.8. The molecule has 0 bridgehead atoms. The lowest BCUT2D eigenvalue weighted by Gasteiger charge is -2.35. The Labute approximate surface area is 162 Å². The quantitative estimate of drug-likeness (QED) is 0.732. The third kappa shape index (κ3) is 4.31. The molecular weight excluding hydrogens is 389 g/mol. The topological polar surface area (TPSA) is 60.9 Å². The van der Waals surface area contributed by atoms with Gasteiger partial charge in [-0.05, 0) is 30.1 Å². The van der Waals surface area contributed by atoms with Gasteiger partial charge in [-0.1, -0.05) is 25.1 Å². The highest BCUT2D eigenvalue weighted by Gasteiger charge is 2.32. The Bertz CT molecular complexity index is 879. The maximum atomic E-state index is 14.4. The Morgan fingerprint density at radius 3 is 2.44 bits per heavy atom. The molecule has 1 aliphatic rings. The van der Waals surface area contributed by atoms with Crippen LogP contribution in [0.3, 0.4) is 0 Å². The second kappa shape index (κ2) is 8.37. The van der Waals surface area contributed by atoms with E-state index in [0.717, 1.165) is 35.3 Å². The molecule has 146 valence electrons. The van der Waals surface area contributed by atoms with E-state index in [9.17, 15) is 17.6 Å². The molecule has 0 saturated carbocycles. The number of halogens is 1. The number of hydrogen-bond acceptors (Lipinski definition) is 5. The number of sulfonamides is 1. The van der Waals surface area contributed by atoms with Crippen LogP contribution in [0, 0.1) is 5.82 Å². The Balaban J connectivity index is 1.87. The van der Waals surface area contributed by atoms with E-state index in [1.54, 1.807) is 22.4 Å². The Morgan fingerprint density at radius 2 is 1.85 bits per heavy atom. The van der Waals surface area contributed by atoms with E-state index in [-0.39, 0.29) is 15.8 Å². The van der Waals surface area contributed by atoms with E-state index in [0.29, 0.717) is 13.1 Å². The lowest BCUT2D eigenvalue weighted by molar-refractivity contribution is -0.131. The van der Waals surface area contributed by atoms with E-state index in [4.69, 9.17) is 0 Å². The van der Waals surface area contributed by atoms with Crippen LogP contribution in [0.25, 0.3) is 0 Å². The van der Waals surface area contributed by atoms with Gasteiger partial charge >= 0.3 is 0 Å². The summed E-state index contributed by atoms with van der Waals surface area (Å²) in [5, 5.41) is 1.64. The van der Waals surface area contributed by atoms with Gasteiger partial charge in [-0.25, -0.2) is 12.8 Å². The molecule has 0 atom stereocenters. The fourth-order valence-corrected chi connectivity index (χ4v) is 5.54. The van der Waals surface area contributed by atoms with Crippen molar-refractivity contribution >= 4 is 33.0 Å². The van der Waals surface area contributed by atoms with Crippen molar-refractivity contribution in [2.45, 2.75) is 11.1 Å². The molecule has 6 nitrogen and oxygen atoms in total. The van der Waals surface area contributed by atoms with Crippen LogP contribution in [0.1, 0.15) is 6.92 Å². The van der Waals surface area contributed by atoms with Gasteiger partial charge in [0.1, 0.15) is 16.6 Å². The van der Waals surface area contributed by atoms with Crippen LogP contribution in [0.4, 0.5) is 10.1 Å². The molecule has 0 spiro atoms. The van der Waals surface area contributed by atoms with Gasteiger partial charge in [-0.15, -0.1) is 11.3 Å². The number of piperazine rings is 1. The third-order valence-corrected chi connectivity index (χ3v) is 7.74. The summed E-state index contributed by atoms with van der Waals surface area (Å²) in [5.74, 6) is -1.00. The number of carbonyl (C=O) groups excluding carboxylic acids is 1. The molecule has 2 heterocycles. The zero-order valence-electron chi connectivity index (χ0n) is 15.0. The highest BCUT2D eigenvalue weighted by molar-refractivity contribution is 7.94. The molecule has 0 radical (unpaired) electrons. The molecule has 1 saturated heterocycles. The molecule has 1 amide bonds. The van der Waals surface area contributed by atoms with Crippen LogP contribution in [0.2, 0.25) is 0 Å². The van der Waals surface area contributed by atoms with Crippen LogP contribution in [-0.2, 0) is 14.8 Å². The minimum atomic E-state index is -4.03. The van der Waals surface area contributed by atoms with Crippen molar-refractivity contribution in [3.63, 3.8) is 0 Å². The molecular formula is C18H22FN3O3S2. The van der Waals surface area contributed by atoms with Crippen molar-refractivity contribution in [3.8, 4) is 0 Å². The van der Waals surface area contributed by atoms with Crippen molar-refractivity contribution in [2.75, 3.05) is 43.6 Å². The maximum absolute atomic E-state index is 14.4. The largest absolute Gasteiger partial charge is 0.339 e. The summed E-state index contributed by atoms with van der Waals surface area (Å²) in [5.41, 5.74) is -0.119. The maximum Gasteiger partial charge on any atom is 0.274 e. The van der Waals surface area contributed by atoms with Crippen LogP contribution in [0.5, 0.6) is 0 Å². The first-order valence-corrected chi connectivity index (χ1v) is 11.1. The molecule has 1 aliphatic heterocycles. The summed E-state index contributed by atoms with van der Waals surface area (Å²) in [4.78, 5) is 16.7. The minimum Gasteiger partial charge on any atom is -0.339 e. The number of benzene rings is 1. The Morgan fingerprint density at radius 1 is 1.15 bits per heavy atom. The van der Waals surface area contributed by atoms with E-state index >= 15 is 0 Å². The molecule has 0 aliphatic carbocycles. The summed E-state index contributed by atoms with van der Waals surface area (Å²) in [6.45, 7) is 5.13. The highest BCUT2D eigenvalue weighted by atomic mass is 32.2. The van der Waals surface area contributed by atoms with Crippen LogP contribution >= 0.6 is 11.3 Å². The highest BCUT2D eigenvalue weighted by Crippen LogP contribution is 2.28. The molecule has 0 unspecified atom stereocenters. The number of likely N-dealkylation sites (N-methyl/N-ethyl adjacent to an activating group) is 1. The summed E-state index contributed by atoms with van der Waals surface area (Å²) in [7, 11) is -4.03. The standard InChI is InChI=1S/C18H22FN3O3S2/c1-2-20-9-11-21(12-10-20)17(23)14-22(16-7-4-3-6-15(16)19)27(24,25)18-8-5-13-26-18/h3-8,13H,2,9-12,14H2,1H3. The molecule has 1 aromatic heterocycles. The zero-order chi connectivity index (χ0) is 19.4. The summed E-state index contributed by atoms with van der Waals surface area (Å²) in [6.07, 6.45) is 0. The second-order valence-electron chi connectivity index (χ2n) is 6.21. The molecule has 1 aromatic carbocycles. The fraction of sp³-hybridized carbons (Fsp3) is 0.389. The number of hydrogen-bond donors (Lipinski definition) is 0. The number of para-hydroxylation sites is 1. The number of anilines is 1. The van der Waals surface area contributed by atoms with Crippen molar-refractivity contribution in [1.29, 1.82) is 0 Å². The first-order chi connectivity index (χ1) is 12.9. The van der Waals surface area contributed by atoms with E-state index in [1.807, 2.05) is 0 Å². The van der Waals surface area contributed by atoms with Crippen LogP contribution in [-0.4, -0.2) is 63.4 Å². The lowest BCUT2D eigenvalue weighted by atomic mass is 10.3. The van der Waals surface area contributed by atoms with Gasteiger partial charge in [0.25, 0.3) is 10.0 Å². The van der Waals surface area contributed by atoms with Gasteiger partial charge in [0.2, 0.25) is 5.91 Å². The molecule has 27 heavy (non-hydrogen) atoms. The second-order valence-corrected chi connectivity index (χ2v) is 9.25. The minimum absolute atomic E-state index is 0.0781. The summed E-state index contributed by atoms with van der Waals surface area (Å²) in [6, 6.07) is 8.68. The van der Waals surface area contributed by atoms with Gasteiger partial charge in [0.15, 0.2) is 0 Å². The molecule has 1 fully saturated rings. The van der Waals surface area contributed by atoms with Gasteiger partial charge in [-0.3, -0.25) is 9.10 Å². The van der Waals surface area contributed by atoms with Crippen molar-refractivity contribution < 1.29 is 17.6 Å². The monoisotopic (exact) mass is 411 g/mol.